The molecule has 2 N–H and O–H groups in total. The number of likely N-dealkylation sites (N-methyl/N-ethyl adjacent to an activating group) is 1. The zero-order valence-electron chi connectivity index (χ0n) is 30.7. The first-order valence-corrected chi connectivity index (χ1v) is 17.6. The Kier molecular flexibility index (Phi) is 12.2. The van der Waals surface area contributed by atoms with E-state index in [0.29, 0.717) is 47.4 Å². The van der Waals surface area contributed by atoms with Crippen molar-refractivity contribution in [1.29, 1.82) is 5.26 Å². The molecule has 54 heavy (non-hydrogen) atoms. The van der Waals surface area contributed by atoms with Gasteiger partial charge in [0.05, 0.1) is 61.6 Å². The molecule has 1 aliphatic carbocycles. The number of benzene rings is 3. The highest BCUT2D eigenvalue weighted by atomic mass is 19.4. The number of rotatable bonds is 9. The Morgan fingerprint density at radius 1 is 0.907 bits per heavy atom. The summed E-state index contributed by atoms with van der Waals surface area (Å²) in [5, 5.41) is 19.6. The van der Waals surface area contributed by atoms with Crippen LogP contribution in [0.2, 0.25) is 0 Å². The van der Waals surface area contributed by atoms with E-state index in [4.69, 9.17) is 0 Å². The van der Waals surface area contributed by atoms with Gasteiger partial charge in [0.15, 0.2) is 6.54 Å². The van der Waals surface area contributed by atoms with Gasteiger partial charge in [-0.25, -0.2) is 9.36 Å². The van der Waals surface area contributed by atoms with Gasteiger partial charge in [-0.15, -0.1) is 0 Å². The normalized spacial score (nSPS) is 15.7. The fraction of sp³-hybridized carbons (Fsp3) is 0.325. The number of hydrogen-bond donors (Lipinski definition) is 2. The summed E-state index contributed by atoms with van der Waals surface area (Å²) in [6, 6.07) is 26.3. The van der Waals surface area contributed by atoms with Gasteiger partial charge in [0.25, 0.3) is 17.4 Å². The number of carbonyl (C=O) groups is 2. The molecule has 5 aromatic rings. The lowest BCUT2D eigenvalue weighted by Gasteiger charge is -2.29. The third kappa shape index (κ3) is 9.73. The molecule has 3 aromatic carbocycles. The van der Waals surface area contributed by atoms with Gasteiger partial charge in [0, 0.05) is 19.6 Å². The van der Waals surface area contributed by atoms with Gasteiger partial charge in [-0.2, -0.15) is 23.5 Å². The Labute approximate surface area is 311 Å². The number of nitrogens with zero attached hydrogens (tertiary/aromatic N) is 6. The highest BCUT2D eigenvalue weighted by molar-refractivity contribution is 6.00. The summed E-state index contributed by atoms with van der Waals surface area (Å²) in [7, 11) is 7.34. The molecule has 6 rings (SSSR count). The molecule has 0 bridgehead atoms. The minimum absolute atomic E-state index is 0.0215. The third-order valence-electron chi connectivity index (χ3n) is 9.09. The predicted octanol–water partition coefficient (Wildman–Crippen LogP) is 5.72. The van der Waals surface area contributed by atoms with Gasteiger partial charge >= 0.3 is 6.18 Å². The maximum absolute atomic E-state index is 14.1. The van der Waals surface area contributed by atoms with E-state index in [1.165, 1.54) is 34.7 Å². The van der Waals surface area contributed by atoms with Crippen LogP contribution in [0, 0.1) is 17.2 Å². The number of hydrogen-bond acceptors (Lipinski definition) is 5. The monoisotopic (exact) mass is 741 g/mol. The number of carbonyl (C=O) groups excluding carboxylic acids is 2. The number of halogens is 3. The second-order valence-corrected chi connectivity index (χ2v) is 14.3. The first kappa shape index (κ1) is 39.3. The average molecular weight is 742 g/mol. The van der Waals surface area contributed by atoms with Crippen molar-refractivity contribution in [3.8, 4) is 28.8 Å². The molecule has 1 saturated carbocycles. The van der Waals surface area contributed by atoms with E-state index < -0.39 is 23.2 Å². The largest absolute Gasteiger partial charge is 0.416 e. The van der Waals surface area contributed by atoms with Crippen molar-refractivity contribution >= 4 is 11.8 Å². The van der Waals surface area contributed by atoms with Gasteiger partial charge in [0.2, 0.25) is 0 Å². The standard InChI is InChI=1S/C34H37F3N8O3.C6H6/c1-42-31(28-16-17-40-43(28)26-14-10-22(19-38)11-15-26)30(33(48)44(42)27-7-5-6-24(18-27)34(35,36)37)32(47)41-25-12-8-23(9-13-25)20-39-29(46)21-45(2,3)4;1-2-4-6-5-3-1/h5-7,10-11,14-18,23,25H,8-9,12-13,20-21H2,1-4H3,(H-,39,41,46,47);1-6H/p+1. The summed E-state index contributed by atoms with van der Waals surface area (Å²) in [5.41, 5.74) is -0.536. The molecule has 2 amide bonds. The number of quaternary nitrogens is 1. The Morgan fingerprint density at radius 3 is 2.11 bits per heavy atom. The van der Waals surface area contributed by atoms with Crippen LogP contribution in [-0.2, 0) is 18.0 Å². The van der Waals surface area contributed by atoms with Crippen molar-refractivity contribution in [2.75, 3.05) is 34.2 Å². The Bertz CT molecular complexity index is 2120. The maximum Gasteiger partial charge on any atom is 0.416 e. The lowest BCUT2D eigenvalue weighted by atomic mass is 9.86. The van der Waals surface area contributed by atoms with Crippen molar-refractivity contribution in [2.45, 2.75) is 37.9 Å². The van der Waals surface area contributed by atoms with E-state index in [9.17, 15) is 32.8 Å². The molecule has 2 aromatic heterocycles. The summed E-state index contributed by atoms with van der Waals surface area (Å²) in [6.07, 6.45) is -0.366. The number of aromatic nitrogens is 4. The third-order valence-corrected chi connectivity index (χ3v) is 9.09. The highest BCUT2D eigenvalue weighted by Crippen LogP contribution is 2.32. The molecular weight excluding hydrogens is 697 g/mol. The molecule has 0 aliphatic heterocycles. The summed E-state index contributed by atoms with van der Waals surface area (Å²) >= 11 is 0. The second-order valence-electron chi connectivity index (χ2n) is 14.3. The number of nitrogens with one attached hydrogen (secondary N) is 2. The fourth-order valence-electron chi connectivity index (χ4n) is 6.47. The van der Waals surface area contributed by atoms with Gasteiger partial charge in [0.1, 0.15) is 11.3 Å². The van der Waals surface area contributed by atoms with Crippen LogP contribution in [0.15, 0.2) is 102 Å². The van der Waals surface area contributed by atoms with Gasteiger partial charge in [-0.1, -0.05) is 42.5 Å². The Morgan fingerprint density at radius 2 is 1.54 bits per heavy atom. The summed E-state index contributed by atoms with van der Waals surface area (Å²) < 4.78 is 45.4. The predicted molar refractivity (Wildman–Crippen MR) is 199 cm³/mol. The number of alkyl halides is 3. The minimum Gasteiger partial charge on any atom is -0.351 e. The van der Waals surface area contributed by atoms with E-state index >= 15 is 0 Å². The lowest BCUT2D eigenvalue weighted by molar-refractivity contribution is -0.862. The Balaban J connectivity index is 0.000000850. The van der Waals surface area contributed by atoms with Crippen LogP contribution < -0.4 is 16.2 Å². The first-order chi connectivity index (χ1) is 25.7. The van der Waals surface area contributed by atoms with E-state index in [-0.39, 0.29) is 34.8 Å². The van der Waals surface area contributed by atoms with E-state index in [2.05, 4.69) is 21.8 Å². The van der Waals surface area contributed by atoms with Crippen LogP contribution in [0.4, 0.5) is 13.2 Å². The molecule has 11 nitrogen and oxygen atoms in total. The molecule has 0 unspecified atom stereocenters. The minimum atomic E-state index is -4.64. The smallest absolute Gasteiger partial charge is 0.351 e. The molecule has 2 heterocycles. The van der Waals surface area contributed by atoms with Gasteiger partial charge in [-0.3, -0.25) is 19.1 Å². The molecule has 1 aliphatic rings. The van der Waals surface area contributed by atoms with Crippen molar-refractivity contribution in [2.24, 2.45) is 13.0 Å². The van der Waals surface area contributed by atoms with Crippen molar-refractivity contribution in [1.82, 2.24) is 29.8 Å². The summed E-state index contributed by atoms with van der Waals surface area (Å²) in [5.74, 6) is -0.419. The van der Waals surface area contributed by atoms with Crippen molar-refractivity contribution in [3.63, 3.8) is 0 Å². The van der Waals surface area contributed by atoms with Crippen LogP contribution in [-0.4, -0.2) is 75.7 Å². The van der Waals surface area contributed by atoms with Crippen molar-refractivity contribution < 1.29 is 27.2 Å². The molecule has 0 atom stereocenters. The van der Waals surface area contributed by atoms with E-state index in [0.717, 1.165) is 29.7 Å². The summed E-state index contributed by atoms with van der Waals surface area (Å²) in [6.45, 7) is 0.913. The molecule has 0 radical (unpaired) electrons. The average Bonchev–Trinajstić information content (AvgIpc) is 3.72. The van der Waals surface area contributed by atoms with Crippen LogP contribution in [0.25, 0.3) is 22.8 Å². The van der Waals surface area contributed by atoms with Gasteiger partial charge < -0.3 is 15.1 Å². The second kappa shape index (κ2) is 16.8. The van der Waals surface area contributed by atoms with E-state index in [1.54, 1.807) is 30.3 Å². The molecule has 282 valence electrons. The molecule has 0 saturated heterocycles. The lowest BCUT2D eigenvalue weighted by Crippen LogP contribution is -2.46. The Hall–Kier alpha value is -5.94. The topological polar surface area (TPSA) is 127 Å². The number of nitriles is 1. The zero-order chi connectivity index (χ0) is 39.0. The zero-order valence-corrected chi connectivity index (χ0v) is 30.7. The van der Waals surface area contributed by atoms with Crippen molar-refractivity contribution in [3.05, 3.63) is 124 Å². The maximum atomic E-state index is 14.1. The quantitative estimate of drug-likeness (QED) is 0.187. The molecule has 14 heteroatoms. The molecular formula is C40H44F3N8O3+. The first-order valence-electron chi connectivity index (χ1n) is 17.6. The van der Waals surface area contributed by atoms with E-state index in [1.807, 2.05) is 57.5 Å². The fourth-order valence-corrected chi connectivity index (χ4v) is 6.47. The molecule has 1 fully saturated rings. The van der Waals surface area contributed by atoms with Crippen LogP contribution in [0.3, 0.4) is 0 Å². The van der Waals surface area contributed by atoms with Crippen LogP contribution >= 0.6 is 0 Å². The number of amides is 2. The summed E-state index contributed by atoms with van der Waals surface area (Å²) in [4.78, 5) is 40.3. The highest BCUT2D eigenvalue weighted by Gasteiger charge is 2.33. The van der Waals surface area contributed by atoms with Gasteiger partial charge in [-0.05, 0) is 80.1 Å². The van der Waals surface area contributed by atoms with Crippen LogP contribution in [0.5, 0.6) is 0 Å². The molecule has 0 spiro atoms. The SMILES string of the molecule is Cn1c(-c2ccnn2-c2ccc(C#N)cc2)c(C(=O)NC2CCC(CNC(=O)C[N+](C)(C)C)CC2)c(=O)n1-c1cccc(C(F)(F)F)c1.c1ccccc1. The van der Waals surface area contributed by atoms with Crippen LogP contribution in [0.1, 0.15) is 47.2 Å².